The van der Waals surface area contributed by atoms with E-state index in [0.717, 1.165) is 12.1 Å². The van der Waals surface area contributed by atoms with Gasteiger partial charge in [-0.1, -0.05) is 19.1 Å². The van der Waals surface area contributed by atoms with E-state index >= 15 is 0 Å². The van der Waals surface area contributed by atoms with Gasteiger partial charge >= 0.3 is 0 Å². The summed E-state index contributed by atoms with van der Waals surface area (Å²) in [5.74, 6) is 0.702. The number of hydrogen-bond acceptors (Lipinski definition) is 4. The van der Waals surface area contributed by atoms with E-state index in [4.69, 9.17) is 22.7 Å². The Bertz CT molecular complexity index is 381. The quantitative estimate of drug-likeness (QED) is 0.723. The van der Waals surface area contributed by atoms with Gasteiger partial charge in [0.25, 0.3) is 0 Å². The Balaban J connectivity index is 2.41. The fourth-order valence-corrected chi connectivity index (χ4v) is 1.59. The monoisotopic (exact) mass is 268 g/mol. The Morgan fingerprint density at radius 1 is 1.44 bits per heavy atom. The highest BCUT2D eigenvalue weighted by atomic mass is 32.1. The Hall–Kier alpha value is -1.17. The summed E-state index contributed by atoms with van der Waals surface area (Å²) in [6.45, 7) is 3.82. The van der Waals surface area contributed by atoms with E-state index in [1.165, 1.54) is 0 Å². The maximum atomic E-state index is 9.75. The van der Waals surface area contributed by atoms with E-state index in [-0.39, 0.29) is 6.61 Å². The van der Waals surface area contributed by atoms with Crippen LogP contribution in [-0.4, -0.2) is 47.8 Å². The number of hydrogen-bond donors (Lipinski definition) is 2. The highest BCUT2D eigenvalue weighted by molar-refractivity contribution is 7.80. The van der Waals surface area contributed by atoms with Gasteiger partial charge in [0.15, 0.2) is 0 Å². The van der Waals surface area contributed by atoms with Crippen LogP contribution in [0.4, 0.5) is 0 Å². The number of likely N-dealkylation sites (N-methyl/N-ethyl adjacent to an activating group) is 1. The van der Waals surface area contributed by atoms with Crippen molar-refractivity contribution < 1.29 is 9.84 Å². The highest BCUT2D eigenvalue weighted by Gasteiger charge is 2.08. The van der Waals surface area contributed by atoms with Crippen LogP contribution in [0, 0.1) is 0 Å². The summed E-state index contributed by atoms with van der Waals surface area (Å²) in [6, 6.07) is 7.21. The molecule has 5 heteroatoms. The van der Waals surface area contributed by atoms with E-state index in [9.17, 15) is 5.11 Å². The Kier molecular flexibility index (Phi) is 6.04. The molecule has 0 saturated heterocycles. The van der Waals surface area contributed by atoms with E-state index in [1.807, 2.05) is 31.0 Å². The number of ether oxygens (including phenoxy) is 1. The summed E-state index contributed by atoms with van der Waals surface area (Å²) in [5.41, 5.74) is 6.31. The van der Waals surface area contributed by atoms with Crippen LogP contribution in [0.1, 0.15) is 12.5 Å². The topological polar surface area (TPSA) is 58.7 Å². The first-order valence-corrected chi connectivity index (χ1v) is 6.33. The van der Waals surface area contributed by atoms with Crippen LogP contribution in [0.2, 0.25) is 0 Å². The molecular formula is C13H20N2O2S. The maximum Gasteiger partial charge on any atom is 0.119 e. The van der Waals surface area contributed by atoms with Crippen molar-refractivity contribution in [2.75, 3.05) is 26.7 Å². The Labute approximate surface area is 113 Å². The zero-order chi connectivity index (χ0) is 13.5. The molecule has 0 aliphatic carbocycles. The van der Waals surface area contributed by atoms with Gasteiger partial charge in [-0.05, 0) is 37.9 Å². The van der Waals surface area contributed by atoms with E-state index in [1.54, 1.807) is 12.1 Å². The van der Waals surface area contributed by atoms with Crippen LogP contribution in [0.3, 0.4) is 0 Å². The third kappa shape index (κ3) is 5.00. The van der Waals surface area contributed by atoms with Gasteiger partial charge in [0.1, 0.15) is 23.4 Å². The third-order valence-corrected chi connectivity index (χ3v) is 2.88. The molecule has 0 spiro atoms. The summed E-state index contributed by atoms with van der Waals surface area (Å²) in [4.78, 5) is 2.40. The molecule has 1 aromatic carbocycles. The number of rotatable bonds is 7. The van der Waals surface area contributed by atoms with Crippen molar-refractivity contribution in [2.45, 2.75) is 13.0 Å². The molecule has 0 aliphatic heterocycles. The number of benzene rings is 1. The minimum absolute atomic E-state index is 0.275. The average Bonchev–Trinajstić information content (AvgIpc) is 2.36. The van der Waals surface area contributed by atoms with E-state index in [2.05, 4.69) is 0 Å². The molecule has 0 radical (unpaired) electrons. The molecule has 0 saturated carbocycles. The summed E-state index contributed by atoms with van der Waals surface area (Å²) in [5, 5.41) is 9.75. The first-order valence-electron chi connectivity index (χ1n) is 5.92. The first-order chi connectivity index (χ1) is 8.52. The average molecular weight is 268 g/mol. The van der Waals surface area contributed by atoms with Gasteiger partial charge < -0.3 is 20.5 Å². The minimum Gasteiger partial charge on any atom is -0.491 e. The van der Waals surface area contributed by atoms with E-state index in [0.29, 0.717) is 17.3 Å². The SMILES string of the molecule is CCN(C)CC(O)COc1ccc(C(N)=S)cc1. The summed E-state index contributed by atoms with van der Waals surface area (Å²) in [6.07, 6.45) is -0.495. The van der Waals surface area contributed by atoms with Crippen molar-refractivity contribution in [3.63, 3.8) is 0 Å². The third-order valence-electron chi connectivity index (χ3n) is 2.64. The van der Waals surface area contributed by atoms with Crippen LogP contribution in [-0.2, 0) is 0 Å². The standard InChI is InChI=1S/C13H20N2O2S/c1-3-15(2)8-11(16)9-17-12-6-4-10(5-7-12)13(14)18/h4-7,11,16H,3,8-9H2,1-2H3,(H2,14,18). The summed E-state index contributed by atoms with van der Waals surface area (Å²) in [7, 11) is 1.96. The molecule has 0 amide bonds. The molecule has 0 bridgehead atoms. The molecule has 1 atom stereocenters. The zero-order valence-electron chi connectivity index (χ0n) is 10.8. The van der Waals surface area contributed by atoms with Crippen molar-refractivity contribution in [3.8, 4) is 5.75 Å². The largest absolute Gasteiger partial charge is 0.491 e. The zero-order valence-corrected chi connectivity index (χ0v) is 11.6. The summed E-state index contributed by atoms with van der Waals surface area (Å²) >= 11 is 4.86. The second-order valence-corrected chi connectivity index (χ2v) is 4.65. The molecule has 0 fully saturated rings. The molecule has 0 aliphatic rings. The van der Waals surface area contributed by atoms with Gasteiger partial charge in [-0.3, -0.25) is 0 Å². The minimum atomic E-state index is -0.495. The predicted molar refractivity (Wildman–Crippen MR) is 77.0 cm³/mol. The lowest BCUT2D eigenvalue weighted by Gasteiger charge is -2.19. The normalized spacial score (nSPS) is 12.4. The van der Waals surface area contributed by atoms with Crippen molar-refractivity contribution in [3.05, 3.63) is 29.8 Å². The van der Waals surface area contributed by atoms with Gasteiger partial charge in [-0.25, -0.2) is 0 Å². The summed E-state index contributed by atoms with van der Waals surface area (Å²) < 4.78 is 5.49. The van der Waals surface area contributed by atoms with Crippen LogP contribution in [0.5, 0.6) is 5.75 Å². The van der Waals surface area contributed by atoms with Gasteiger partial charge in [0.2, 0.25) is 0 Å². The molecule has 0 heterocycles. The molecule has 3 N–H and O–H groups in total. The lowest BCUT2D eigenvalue weighted by Crippen LogP contribution is -2.32. The van der Waals surface area contributed by atoms with Gasteiger partial charge in [0, 0.05) is 12.1 Å². The second kappa shape index (κ2) is 7.31. The fraction of sp³-hybridized carbons (Fsp3) is 0.462. The lowest BCUT2D eigenvalue weighted by molar-refractivity contribution is 0.0779. The number of nitrogens with two attached hydrogens (primary N) is 1. The maximum absolute atomic E-state index is 9.75. The molecule has 0 aromatic heterocycles. The van der Waals surface area contributed by atoms with Crippen LogP contribution < -0.4 is 10.5 Å². The molecule has 18 heavy (non-hydrogen) atoms. The van der Waals surface area contributed by atoms with Gasteiger partial charge in [-0.2, -0.15) is 0 Å². The van der Waals surface area contributed by atoms with Gasteiger partial charge in [0.05, 0.1) is 0 Å². The fourth-order valence-electron chi connectivity index (χ4n) is 1.45. The second-order valence-electron chi connectivity index (χ2n) is 4.21. The first kappa shape index (κ1) is 14.9. The van der Waals surface area contributed by atoms with Crippen molar-refractivity contribution in [1.82, 2.24) is 4.90 Å². The molecular weight excluding hydrogens is 248 g/mol. The molecule has 100 valence electrons. The van der Waals surface area contributed by atoms with Crippen LogP contribution in [0.25, 0.3) is 0 Å². The Morgan fingerprint density at radius 3 is 2.56 bits per heavy atom. The molecule has 1 unspecified atom stereocenters. The van der Waals surface area contributed by atoms with Crippen LogP contribution >= 0.6 is 12.2 Å². The molecule has 1 aromatic rings. The number of aliphatic hydroxyl groups is 1. The van der Waals surface area contributed by atoms with Crippen molar-refractivity contribution >= 4 is 17.2 Å². The smallest absolute Gasteiger partial charge is 0.119 e. The Morgan fingerprint density at radius 2 is 2.06 bits per heavy atom. The number of thiocarbonyl (C=S) groups is 1. The highest BCUT2D eigenvalue weighted by Crippen LogP contribution is 2.12. The van der Waals surface area contributed by atoms with E-state index < -0.39 is 6.10 Å². The lowest BCUT2D eigenvalue weighted by atomic mass is 10.2. The van der Waals surface area contributed by atoms with Crippen LogP contribution in [0.15, 0.2) is 24.3 Å². The van der Waals surface area contributed by atoms with Gasteiger partial charge in [-0.15, -0.1) is 0 Å². The van der Waals surface area contributed by atoms with Crippen molar-refractivity contribution in [2.24, 2.45) is 5.73 Å². The number of aliphatic hydroxyl groups excluding tert-OH is 1. The molecule has 4 nitrogen and oxygen atoms in total. The number of nitrogens with zero attached hydrogens (tertiary/aromatic N) is 1. The van der Waals surface area contributed by atoms with Crippen molar-refractivity contribution in [1.29, 1.82) is 0 Å². The molecule has 1 rings (SSSR count). The predicted octanol–water partition coefficient (Wildman–Crippen LogP) is 1.01.